The number of para-hydroxylation sites is 1. The highest BCUT2D eigenvalue weighted by Crippen LogP contribution is 2.32. The summed E-state index contributed by atoms with van der Waals surface area (Å²) in [7, 11) is -3.86. The fourth-order valence-corrected chi connectivity index (χ4v) is 6.35. The molecule has 0 radical (unpaired) electrons. The third-order valence-electron chi connectivity index (χ3n) is 6.32. The van der Waals surface area contributed by atoms with Gasteiger partial charge in [0.05, 0.1) is 10.6 Å². The molecule has 1 fully saturated rings. The molecule has 0 aromatic heterocycles. The van der Waals surface area contributed by atoms with E-state index in [4.69, 9.17) is 16.3 Å². The highest BCUT2D eigenvalue weighted by Gasteiger charge is 2.28. The number of amides is 1. The number of halogens is 1. The summed E-state index contributed by atoms with van der Waals surface area (Å²) in [6, 6.07) is 9.91. The number of esters is 1. The monoisotopic (exact) mass is 534 g/mol. The van der Waals surface area contributed by atoms with Gasteiger partial charge < -0.3 is 10.1 Å². The Balaban J connectivity index is 1.73. The standard InChI is InChI=1S/C27H35ClN2O5S/c1-18(2)21-10-9-11-22(19(3)4)26(21)29-25(31)17-35-27(32)20-12-13-23(28)24(16-20)36(33,34)30-14-7-5-6-8-15-30/h9-13,16,18-19H,5-8,14-15,17H2,1-4H3,(H,29,31). The van der Waals surface area contributed by atoms with Crippen molar-refractivity contribution in [1.82, 2.24) is 4.31 Å². The maximum absolute atomic E-state index is 13.2. The summed E-state index contributed by atoms with van der Waals surface area (Å²) in [6.45, 7) is 8.53. The predicted octanol–water partition coefficient (Wildman–Crippen LogP) is 5.95. The summed E-state index contributed by atoms with van der Waals surface area (Å²) in [4.78, 5) is 25.3. The van der Waals surface area contributed by atoms with E-state index in [9.17, 15) is 18.0 Å². The van der Waals surface area contributed by atoms with E-state index in [-0.39, 0.29) is 27.3 Å². The molecule has 0 unspecified atom stereocenters. The largest absolute Gasteiger partial charge is 0.452 e. The van der Waals surface area contributed by atoms with Gasteiger partial charge in [-0.2, -0.15) is 4.31 Å². The Hall–Kier alpha value is -2.42. The third-order valence-corrected chi connectivity index (χ3v) is 8.70. The molecule has 1 N–H and O–H groups in total. The molecule has 9 heteroatoms. The zero-order valence-corrected chi connectivity index (χ0v) is 22.9. The number of hydrogen-bond acceptors (Lipinski definition) is 5. The summed E-state index contributed by atoms with van der Waals surface area (Å²) in [5.41, 5.74) is 2.76. The minimum Gasteiger partial charge on any atom is -0.452 e. The third kappa shape index (κ3) is 6.66. The van der Waals surface area contributed by atoms with Crippen LogP contribution in [-0.2, 0) is 19.6 Å². The van der Waals surface area contributed by atoms with Crippen molar-refractivity contribution < 1.29 is 22.7 Å². The number of nitrogens with zero attached hydrogens (tertiary/aromatic N) is 1. The van der Waals surface area contributed by atoms with Crippen molar-refractivity contribution in [3.05, 3.63) is 58.1 Å². The molecular formula is C27H35ClN2O5S. The van der Waals surface area contributed by atoms with Gasteiger partial charge in [0.15, 0.2) is 6.61 Å². The molecule has 0 spiro atoms. The van der Waals surface area contributed by atoms with Gasteiger partial charge in [-0.15, -0.1) is 0 Å². The Morgan fingerprint density at radius 2 is 1.56 bits per heavy atom. The number of rotatable bonds is 8. The van der Waals surface area contributed by atoms with Gasteiger partial charge in [0.25, 0.3) is 5.91 Å². The van der Waals surface area contributed by atoms with E-state index in [0.717, 1.165) is 42.5 Å². The van der Waals surface area contributed by atoms with Crippen LogP contribution in [0, 0.1) is 0 Å². The molecule has 196 valence electrons. The lowest BCUT2D eigenvalue weighted by Gasteiger charge is -2.21. The normalized spacial score (nSPS) is 15.1. The van der Waals surface area contributed by atoms with Gasteiger partial charge in [0.1, 0.15) is 4.90 Å². The molecular weight excluding hydrogens is 500 g/mol. The van der Waals surface area contributed by atoms with Crippen molar-refractivity contribution in [3.8, 4) is 0 Å². The second-order valence-electron chi connectivity index (χ2n) is 9.71. The van der Waals surface area contributed by atoms with Gasteiger partial charge in [-0.1, -0.05) is 70.3 Å². The maximum atomic E-state index is 13.2. The van der Waals surface area contributed by atoms with Crippen LogP contribution in [0.2, 0.25) is 5.02 Å². The van der Waals surface area contributed by atoms with E-state index < -0.39 is 28.5 Å². The van der Waals surface area contributed by atoms with Gasteiger partial charge in [0, 0.05) is 18.8 Å². The highest BCUT2D eigenvalue weighted by molar-refractivity contribution is 7.89. The van der Waals surface area contributed by atoms with E-state index in [1.165, 1.54) is 22.5 Å². The molecule has 1 saturated heterocycles. The Kier molecular flexibility index (Phi) is 9.55. The van der Waals surface area contributed by atoms with E-state index in [1.807, 2.05) is 45.9 Å². The smallest absolute Gasteiger partial charge is 0.338 e. The Morgan fingerprint density at radius 1 is 0.972 bits per heavy atom. The van der Waals surface area contributed by atoms with Crippen molar-refractivity contribution in [2.75, 3.05) is 25.0 Å². The van der Waals surface area contributed by atoms with Crippen LogP contribution in [-0.4, -0.2) is 44.3 Å². The van der Waals surface area contributed by atoms with E-state index in [0.29, 0.717) is 13.1 Å². The van der Waals surface area contributed by atoms with Gasteiger partial charge in [0.2, 0.25) is 10.0 Å². The molecule has 36 heavy (non-hydrogen) atoms. The van der Waals surface area contributed by atoms with Crippen LogP contribution in [0.4, 0.5) is 5.69 Å². The van der Waals surface area contributed by atoms with Gasteiger partial charge in [-0.25, -0.2) is 13.2 Å². The lowest BCUT2D eigenvalue weighted by Crippen LogP contribution is -2.32. The van der Waals surface area contributed by atoms with Crippen LogP contribution < -0.4 is 5.32 Å². The first-order chi connectivity index (χ1) is 17.0. The molecule has 1 aliphatic rings. The number of carbonyl (C=O) groups is 2. The molecule has 0 bridgehead atoms. The first-order valence-electron chi connectivity index (χ1n) is 12.4. The van der Waals surface area contributed by atoms with Crippen molar-refractivity contribution in [2.24, 2.45) is 0 Å². The topological polar surface area (TPSA) is 92.8 Å². The summed E-state index contributed by atoms with van der Waals surface area (Å²) in [5, 5.41) is 2.94. The lowest BCUT2D eigenvalue weighted by atomic mass is 9.92. The van der Waals surface area contributed by atoms with Gasteiger partial charge in [-0.3, -0.25) is 4.79 Å². The summed E-state index contributed by atoms with van der Waals surface area (Å²) < 4.78 is 33.1. The SMILES string of the molecule is CC(C)c1cccc(C(C)C)c1NC(=O)COC(=O)c1ccc(Cl)c(S(=O)(=O)N2CCCCCC2)c1. The summed E-state index contributed by atoms with van der Waals surface area (Å²) >= 11 is 6.22. The quantitative estimate of drug-likeness (QED) is 0.422. The molecule has 1 aliphatic heterocycles. The van der Waals surface area contributed by atoms with Crippen molar-refractivity contribution in [3.63, 3.8) is 0 Å². The Morgan fingerprint density at radius 3 is 2.11 bits per heavy atom. The number of sulfonamides is 1. The molecule has 2 aromatic carbocycles. The highest BCUT2D eigenvalue weighted by atomic mass is 35.5. The minimum atomic E-state index is -3.86. The molecule has 0 aliphatic carbocycles. The zero-order chi connectivity index (χ0) is 26.5. The molecule has 1 amide bonds. The van der Waals surface area contributed by atoms with Crippen LogP contribution in [0.3, 0.4) is 0 Å². The van der Waals surface area contributed by atoms with Crippen LogP contribution in [0.25, 0.3) is 0 Å². The van der Waals surface area contributed by atoms with Crippen molar-refractivity contribution in [2.45, 2.75) is 70.1 Å². The fourth-order valence-electron chi connectivity index (χ4n) is 4.33. The number of benzene rings is 2. The fraction of sp³-hybridized carbons (Fsp3) is 0.481. The maximum Gasteiger partial charge on any atom is 0.338 e. The number of ether oxygens (including phenoxy) is 1. The van der Waals surface area contributed by atoms with Crippen molar-refractivity contribution >= 4 is 39.2 Å². The molecule has 7 nitrogen and oxygen atoms in total. The number of hydrogen-bond donors (Lipinski definition) is 1. The van der Waals surface area contributed by atoms with Gasteiger partial charge >= 0.3 is 5.97 Å². The average molecular weight is 535 g/mol. The second kappa shape index (κ2) is 12.2. The number of anilines is 1. The molecule has 2 aromatic rings. The van der Waals surface area contributed by atoms with E-state index in [1.54, 1.807) is 0 Å². The van der Waals surface area contributed by atoms with E-state index >= 15 is 0 Å². The summed E-state index contributed by atoms with van der Waals surface area (Å²) in [6.07, 6.45) is 3.53. The minimum absolute atomic E-state index is 0.0195. The number of nitrogens with one attached hydrogen (secondary N) is 1. The van der Waals surface area contributed by atoms with Crippen molar-refractivity contribution in [1.29, 1.82) is 0 Å². The molecule has 3 rings (SSSR count). The zero-order valence-electron chi connectivity index (χ0n) is 21.3. The second-order valence-corrected chi connectivity index (χ2v) is 12.0. The summed E-state index contributed by atoms with van der Waals surface area (Å²) in [5.74, 6) is -0.875. The molecule has 0 atom stereocenters. The van der Waals surface area contributed by atoms with Crippen LogP contribution >= 0.6 is 11.6 Å². The number of carbonyl (C=O) groups excluding carboxylic acids is 2. The van der Waals surface area contributed by atoms with E-state index in [2.05, 4.69) is 5.32 Å². The van der Waals surface area contributed by atoms with Crippen LogP contribution in [0.1, 0.15) is 86.7 Å². The van der Waals surface area contributed by atoms with Crippen LogP contribution in [0.5, 0.6) is 0 Å². The molecule has 1 heterocycles. The van der Waals surface area contributed by atoms with Crippen LogP contribution in [0.15, 0.2) is 41.3 Å². The predicted molar refractivity (Wildman–Crippen MR) is 142 cm³/mol. The first kappa shape index (κ1) is 28.2. The first-order valence-corrected chi connectivity index (χ1v) is 14.2. The average Bonchev–Trinajstić information content (AvgIpc) is 3.13. The Labute approximate surface area is 219 Å². The molecule has 0 saturated carbocycles. The Bertz CT molecular complexity index is 1180. The lowest BCUT2D eigenvalue weighted by molar-refractivity contribution is -0.119. The van der Waals surface area contributed by atoms with Gasteiger partial charge in [-0.05, 0) is 54.0 Å².